The Hall–Kier alpha value is -1.89. The summed E-state index contributed by atoms with van der Waals surface area (Å²) in [7, 11) is 0. The van der Waals surface area contributed by atoms with Crippen molar-refractivity contribution in [1.82, 2.24) is 0 Å². The predicted molar refractivity (Wildman–Crippen MR) is 134 cm³/mol. The third-order valence-corrected chi connectivity index (χ3v) is 6.41. The van der Waals surface area contributed by atoms with Crippen molar-refractivity contribution >= 4 is 5.78 Å². The monoisotopic (exact) mass is 420 g/mol. The number of carbonyl (C=O) groups is 1. The van der Waals surface area contributed by atoms with Gasteiger partial charge in [-0.2, -0.15) is 0 Å². The molecule has 1 atom stereocenters. The van der Waals surface area contributed by atoms with Crippen LogP contribution in [0, 0.1) is 5.92 Å². The number of carbonyl (C=O) groups excluding carboxylic acids is 1. The summed E-state index contributed by atoms with van der Waals surface area (Å²) in [6.07, 6.45) is 18.8. The van der Waals surface area contributed by atoms with Crippen molar-refractivity contribution in [2.75, 3.05) is 0 Å². The molecule has 0 saturated heterocycles. The summed E-state index contributed by atoms with van der Waals surface area (Å²) in [6, 6.07) is 20.7. The Morgan fingerprint density at radius 3 is 1.58 bits per heavy atom. The molecule has 1 heteroatoms. The molecule has 170 valence electrons. The van der Waals surface area contributed by atoms with Crippen molar-refractivity contribution in [1.29, 1.82) is 0 Å². The van der Waals surface area contributed by atoms with Gasteiger partial charge >= 0.3 is 0 Å². The Balaban J connectivity index is 1.65. The van der Waals surface area contributed by atoms with E-state index in [1.165, 1.54) is 82.6 Å². The van der Waals surface area contributed by atoms with Crippen molar-refractivity contribution in [3.05, 3.63) is 71.8 Å². The molecular formula is C30H44O. The second kappa shape index (κ2) is 16.8. The van der Waals surface area contributed by atoms with Gasteiger partial charge in [0.15, 0.2) is 0 Å². The SMILES string of the molecule is CCCCCCCCCCCCCCC(Cc1ccccc1)C(=O)Cc1ccccc1. The fourth-order valence-corrected chi connectivity index (χ4v) is 4.45. The second-order valence-corrected chi connectivity index (χ2v) is 9.19. The lowest BCUT2D eigenvalue weighted by molar-refractivity contribution is -0.122. The number of Topliss-reactive ketones (excluding diaryl/α,β-unsaturated/α-hetero) is 1. The fourth-order valence-electron chi connectivity index (χ4n) is 4.45. The average molecular weight is 421 g/mol. The number of hydrogen-bond acceptors (Lipinski definition) is 1. The molecule has 0 N–H and O–H groups in total. The topological polar surface area (TPSA) is 17.1 Å². The number of rotatable bonds is 18. The summed E-state index contributed by atoms with van der Waals surface area (Å²) in [4.78, 5) is 13.0. The molecule has 2 rings (SSSR count). The molecule has 2 aromatic rings. The zero-order chi connectivity index (χ0) is 22.0. The smallest absolute Gasteiger partial charge is 0.140 e. The highest BCUT2D eigenvalue weighted by Crippen LogP contribution is 2.20. The van der Waals surface area contributed by atoms with E-state index in [1.54, 1.807) is 0 Å². The van der Waals surface area contributed by atoms with Crippen LogP contribution in [-0.2, 0) is 17.6 Å². The van der Waals surface area contributed by atoms with Gasteiger partial charge < -0.3 is 0 Å². The van der Waals surface area contributed by atoms with Crippen LogP contribution in [0.25, 0.3) is 0 Å². The minimum Gasteiger partial charge on any atom is -0.299 e. The van der Waals surface area contributed by atoms with E-state index in [0.717, 1.165) is 18.4 Å². The molecule has 1 nitrogen and oxygen atoms in total. The molecule has 0 fully saturated rings. The molecule has 0 aliphatic heterocycles. The van der Waals surface area contributed by atoms with E-state index in [-0.39, 0.29) is 5.92 Å². The van der Waals surface area contributed by atoms with Crippen molar-refractivity contribution in [3.63, 3.8) is 0 Å². The largest absolute Gasteiger partial charge is 0.299 e. The number of unbranched alkanes of at least 4 members (excludes halogenated alkanes) is 11. The average Bonchev–Trinajstić information content (AvgIpc) is 2.80. The van der Waals surface area contributed by atoms with Crippen LogP contribution in [0.15, 0.2) is 60.7 Å². The van der Waals surface area contributed by atoms with Gasteiger partial charge in [0.05, 0.1) is 0 Å². The van der Waals surface area contributed by atoms with Gasteiger partial charge in [-0.25, -0.2) is 0 Å². The summed E-state index contributed by atoms with van der Waals surface area (Å²) in [6.45, 7) is 2.28. The molecule has 0 amide bonds. The molecule has 0 aliphatic rings. The van der Waals surface area contributed by atoms with Crippen LogP contribution in [0.4, 0.5) is 0 Å². The highest BCUT2D eigenvalue weighted by atomic mass is 16.1. The van der Waals surface area contributed by atoms with Gasteiger partial charge in [0.1, 0.15) is 5.78 Å². The van der Waals surface area contributed by atoms with Gasteiger partial charge in [-0.1, -0.05) is 145 Å². The van der Waals surface area contributed by atoms with E-state index in [9.17, 15) is 4.79 Å². The molecule has 1 unspecified atom stereocenters. The lowest BCUT2D eigenvalue weighted by atomic mass is 9.87. The third kappa shape index (κ3) is 11.9. The first-order valence-electron chi connectivity index (χ1n) is 12.9. The second-order valence-electron chi connectivity index (χ2n) is 9.19. The maximum atomic E-state index is 13.0. The minimum atomic E-state index is 0.144. The third-order valence-electron chi connectivity index (χ3n) is 6.41. The Kier molecular flexibility index (Phi) is 13.7. The normalized spacial score (nSPS) is 12.0. The summed E-state index contributed by atoms with van der Waals surface area (Å²) in [5.41, 5.74) is 2.42. The van der Waals surface area contributed by atoms with Crippen LogP contribution in [0.1, 0.15) is 102 Å². The van der Waals surface area contributed by atoms with Crippen molar-refractivity contribution in [2.45, 2.75) is 103 Å². The van der Waals surface area contributed by atoms with Crippen molar-refractivity contribution in [2.24, 2.45) is 5.92 Å². The predicted octanol–water partition coefficient (Wildman–Crippen LogP) is 8.75. The van der Waals surface area contributed by atoms with Crippen molar-refractivity contribution in [3.8, 4) is 0 Å². The minimum absolute atomic E-state index is 0.144. The lowest BCUT2D eigenvalue weighted by Gasteiger charge is -2.16. The first-order chi connectivity index (χ1) is 15.3. The van der Waals surface area contributed by atoms with Crippen LogP contribution in [0.3, 0.4) is 0 Å². The van der Waals surface area contributed by atoms with E-state index in [4.69, 9.17) is 0 Å². The zero-order valence-corrected chi connectivity index (χ0v) is 19.9. The molecule has 0 radical (unpaired) electrons. The highest BCUT2D eigenvalue weighted by molar-refractivity contribution is 5.83. The number of ketones is 1. The standard InChI is InChI=1S/C30H44O/c1-2-3-4-5-6-7-8-9-10-11-12-19-24-29(25-27-20-15-13-16-21-27)30(31)26-28-22-17-14-18-23-28/h13-18,20-23,29H,2-12,19,24-26H2,1H3. The summed E-state index contributed by atoms with van der Waals surface area (Å²) < 4.78 is 0. The molecule has 0 bridgehead atoms. The molecule has 2 aromatic carbocycles. The van der Waals surface area contributed by atoms with Gasteiger partial charge in [-0.15, -0.1) is 0 Å². The zero-order valence-electron chi connectivity index (χ0n) is 19.9. The molecule has 0 saturated carbocycles. The van der Waals surface area contributed by atoms with Gasteiger partial charge in [0.25, 0.3) is 0 Å². The Morgan fingerprint density at radius 2 is 1.06 bits per heavy atom. The summed E-state index contributed by atoms with van der Waals surface area (Å²) in [5.74, 6) is 0.545. The van der Waals surface area contributed by atoms with E-state index in [1.807, 2.05) is 18.2 Å². The summed E-state index contributed by atoms with van der Waals surface area (Å²) in [5, 5.41) is 0. The van der Waals surface area contributed by atoms with Crippen LogP contribution >= 0.6 is 0 Å². The lowest BCUT2D eigenvalue weighted by Crippen LogP contribution is -2.19. The molecule has 0 heterocycles. The van der Waals surface area contributed by atoms with Gasteiger partial charge in [-0.05, 0) is 24.0 Å². The van der Waals surface area contributed by atoms with Gasteiger partial charge in [-0.3, -0.25) is 4.79 Å². The maximum Gasteiger partial charge on any atom is 0.140 e. The van der Waals surface area contributed by atoms with Crippen LogP contribution < -0.4 is 0 Å². The first-order valence-corrected chi connectivity index (χ1v) is 12.9. The Labute approximate surface area is 191 Å². The van der Waals surface area contributed by atoms with E-state index < -0.39 is 0 Å². The molecule has 0 spiro atoms. The first kappa shape index (κ1) is 25.4. The van der Waals surface area contributed by atoms with Crippen LogP contribution in [-0.4, -0.2) is 5.78 Å². The van der Waals surface area contributed by atoms with Gasteiger partial charge in [0.2, 0.25) is 0 Å². The molecular weight excluding hydrogens is 376 g/mol. The maximum absolute atomic E-state index is 13.0. The van der Waals surface area contributed by atoms with Gasteiger partial charge in [0, 0.05) is 12.3 Å². The fraction of sp³-hybridized carbons (Fsp3) is 0.567. The molecule has 0 aliphatic carbocycles. The number of hydrogen-bond donors (Lipinski definition) is 0. The molecule has 0 aromatic heterocycles. The highest BCUT2D eigenvalue weighted by Gasteiger charge is 2.19. The summed E-state index contributed by atoms with van der Waals surface area (Å²) >= 11 is 0. The van der Waals surface area contributed by atoms with Crippen LogP contribution in [0.5, 0.6) is 0 Å². The van der Waals surface area contributed by atoms with E-state index >= 15 is 0 Å². The molecule has 31 heavy (non-hydrogen) atoms. The van der Waals surface area contributed by atoms with E-state index in [0.29, 0.717) is 12.2 Å². The quantitative estimate of drug-likeness (QED) is 0.220. The number of benzene rings is 2. The van der Waals surface area contributed by atoms with Crippen molar-refractivity contribution < 1.29 is 4.79 Å². The van der Waals surface area contributed by atoms with Crippen LogP contribution in [0.2, 0.25) is 0 Å². The van der Waals surface area contributed by atoms with E-state index in [2.05, 4.69) is 49.4 Å². The Bertz CT molecular complexity index is 676. The Morgan fingerprint density at radius 1 is 0.613 bits per heavy atom.